The molecule has 1 amide bonds. The molecule has 1 N–H and O–H groups in total. The summed E-state index contributed by atoms with van der Waals surface area (Å²) in [6.45, 7) is 3.42. The molecule has 0 aliphatic carbocycles. The average molecular weight is 397 g/mol. The van der Waals surface area contributed by atoms with Gasteiger partial charge in [-0.2, -0.15) is 5.10 Å². The molecule has 7 nitrogen and oxygen atoms in total. The van der Waals surface area contributed by atoms with Crippen LogP contribution in [0, 0.1) is 13.8 Å². The van der Waals surface area contributed by atoms with Gasteiger partial charge < -0.3 is 5.32 Å². The minimum absolute atomic E-state index is 0.0624. The largest absolute Gasteiger partial charge is 0.324 e. The number of nitrogens with one attached hydrogen (secondary N) is 1. The second-order valence-electron chi connectivity index (χ2n) is 6.41. The van der Waals surface area contributed by atoms with E-state index in [2.05, 4.69) is 10.4 Å². The van der Waals surface area contributed by atoms with Crippen molar-refractivity contribution in [1.82, 2.24) is 9.78 Å². The van der Waals surface area contributed by atoms with Gasteiger partial charge in [0.05, 0.1) is 4.90 Å². The topological polar surface area (TPSA) is 98.1 Å². The molecule has 144 valence electrons. The fraction of sp³-hybridized carbons (Fsp3) is 0.150. The molecule has 8 heteroatoms. The normalized spacial score (nSPS) is 11.2. The monoisotopic (exact) mass is 397 g/mol. The highest BCUT2D eigenvalue weighted by atomic mass is 32.2. The third kappa shape index (κ3) is 4.34. The van der Waals surface area contributed by atoms with Gasteiger partial charge in [-0.05, 0) is 55.3 Å². The highest BCUT2D eigenvalue weighted by molar-refractivity contribution is 7.91. The molecule has 0 spiro atoms. The predicted octanol–water partition coefficient (Wildman–Crippen LogP) is 2.33. The van der Waals surface area contributed by atoms with Crippen LogP contribution in [0.1, 0.15) is 11.1 Å². The minimum Gasteiger partial charge on any atom is -0.324 e. The molecule has 0 fully saturated rings. The van der Waals surface area contributed by atoms with Gasteiger partial charge in [-0.1, -0.05) is 24.3 Å². The first kappa shape index (κ1) is 19.5. The third-order valence-electron chi connectivity index (χ3n) is 3.97. The first-order valence-corrected chi connectivity index (χ1v) is 10.0. The van der Waals surface area contributed by atoms with E-state index in [1.165, 1.54) is 12.1 Å². The molecule has 28 heavy (non-hydrogen) atoms. The number of sulfone groups is 1. The van der Waals surface area contributed by atoms with Crippen LogP contribution in [0.15, 0.2) is 75.4 Å². The van der Waals surface area contributed by atoms with E-state index in [9.17, 15) is 18.0 Å². The molecule has 1 heterocycles. The van der Waals surface area contributed by atoms with E-state index in [-0.39, 0.29) is 9.92 Å². The zero-order chi connectivity index (χ0) is 20.3. The maximum Gasteiger partial charge on any atom is 0.267 e. The van der Waals surface area contributed by atoms with E-state index < -0.39 is 27.8 Å². The van der Waals surface area contributed by atoms with Gasteiger partial charge in [-0.15, -0.1) is 0 Å². The molecule has 0 unspecified atom stereocenters. The molecular formula is C20H19N3O4S. The van der Waals surface area contributed by atoms with Gasteiger partial charge >= 0.3 is 0 Å². The van der Waals surface area contributed by atoms with Crippen molar-refractivity contribution in [3.63, 3.8) is 0 Å². The fourth-order valence-electron chi connectivity index (χ4n) is 2.79. The van der Waals surface area contributed by atoms with Crippen LogP contribution in [0.3, 0.4) is 0 Å². The van der Waals surface area contributed by atoms with E-state index in [1.54, 1.807) is 30.3 Å². The molecule has 2 aromatic carbocycles. The Morgan fingerprint density at radius 3 is 2.29 bits per heavy atom. The second-order valence-corrected chi connectivity index (χ2v) is 8.31. The molecule has 0 aliphatic heterocycles. The Kier molecular flexibility index (Phi) is 5.41. The van der Waals surface area contributed by atoms with Crippen LogP contribution < -0.4 is 10.9 Å². The van der Waals surface area contributed by atoms with Crippen LogP contribution in [-0.4, -0.2) is 24.1 Å². The number of anilines is 1. The Labute approximate surface area is 162 Å². The lowest BCUT2D eigenvalue weighted by Crippen LogP contribution is -2.30. The van der Waals surface area contributed by atoms with Crippen LogP contribution in [-0.2, 0) is 21.2 Å². The van der Waals surface area contributed by atoms with Gasteiger partial charge in [-0.3, -0.25) is 9.59 Å². The van der Waals surface area contributed by atoms with Crippen LogP contribution >= 0.6 is 0 Å². The lowest BCUT2D eigenvalue weighted by atomic mass is 10.1. The predicted molar refractivity (Wildman–Crippen MR) is 105 cm³/mol. The van der Waals surface area contributed by atoms with E-state index >= 15 is 0 Å². The number of carbonyl (C=O) groups excluding carboxylic acids is 1. The number of carbonyl (C=O) groups is 1. The van der Waals surface area contributed by atoms with Gasteiger partial charge in [0.25, 0.3) is 5.56 Å². The van der Waals surface area contributed by atoms with Crippen molar-refractivity contribution in [1.29, 1.82) is 0 Å². The number of hydrogen-bond donors (Lipinski definition) is 1. The van der Waals surface area contributed by atoms with E-state index in [0.717, 1.165) is 27.9 Å². The number of amides is 1. The Morgan fingerprint density at radius 1 is 1.00 bits per heavy atom. The van der Waals surface area contributed by atoms with Gasteiger partial charge in [0, 0.05) is 11.8 Å². The van der Waals surface area contributed by atoms with E-state index in [4.69, 9.17) is 0 Å². The summed E-state index contributed by atoms with van der Waals surface area (Å²) in [5, 5.41) is 6.30. The summed E-state index contributed by atoms with van der Waals surface area (Å²) in [7, 11) is -3.89. The molecule has 3 rings (SSSR count). The minimum atomic E-state index is -3.89. The second kappa shape index (κ2) is 7.77. The molecule has 0 bridgehead atoms. The Balaban J connectivity index is 1.86. The quantitative estimate of drug-likeness (QED) is 0.713. The number of hydrogen-bond acceptors (Lipinski definition) is 5. The number of rotatable bonds is 5. The number of benzene rings is 2. The summed E-state index contributed by atoms with van der Waals surface area (Å²) in [5.41, 5.74) is 2.01. The maximum atomic E-state index is 12.7. The van der Waals surface area contributed by atoms with Crippen molar-refractivity contribution in [2.45, 2.75) is 30.3 Å². The Hall–Kier alpha value is -3.26. The molecule has 3 aromatic rings. The molecule has 1 aromatic heterocycles. The van der Waals surface area contributed by atoms with E-state index in [1.807, 2.05) is 19.9 Å². The van der Waals surface area contributed by atoms with Gasteiger partial charge in [-0.25, -0.2) is 13.1 Å². The number of aromatic nitrogens is 2. The zero-order valence-electron chi connectivity index (χ0n) is 15.4. The van der Waals surface area contributed by atoms with Crippen molar-refractivity contribution >= 4 is 21.4 Å². The number of aryl methyl sites for hydroxylation is 2. The van der Waals surface area contributed by atoms with E-state index in [0.29, 0.717) is 5.69 Å². The third-order valence-corrected chi connectivity index (χ3v) is 5.63. The highest BCUT2D eigenvalue weighted by Crippen LogP contribution is 2.17. The van der Waals surface area contributed by atoms with Crippen LogP contribution in [0.5, 0.6) is 0 Å². The summed E-state index contributed by atoms with van der Waals surface area (Å²) in [6.07, 6.45) is 0. The van der Waals surface area contributed by atoms with Gasteiger partial charge in [0.15, 0.2) is 5.03 Å². The smallest absolute Gasteiger partial charge is 0.267 e. The van der Waals surface area contributed by atoms with Crippen LogP contribution in [0.2, 0.25) is 0 Å². The first-order valence-electron chi connectivity index (χ1n) is 8.52. The lowest BCUT2D eigenvalue weighted by molar-refractivity contribution is -0.117. The van der Waals surface area contributed by atoms with Crippen molar-refractivity contribution in [3.05, 3.63) is 82.1 Å². The van der Waals surface area contributed by atoms with Crippen LogP contribution in [0.4, 0.5) is 5.69 Å². The molecule has 0 saturated carbocycles. The number of nitrogens with zero attached hydrogens (tertiary/aromatic N) is 2. The molecule has 0 atom stereocenters. The summed E-state index contributed by atoms with van der Waals surface area (Å²) in [5.74, 6) is -0.478. The highest BCUT2D eigenvalue weighted by Gasteiger charge is 2.20. The van der Waals surface area contributed by atoms with Crippen molar-refractivity contribution in [2.75, 3.05) is 5.32 Å². The summed E-state index contributed by atoms with van der Waals surface area (Å²) < 4.78 is 26.2. The van der Waals surface area contributed by atoms with Crippen molar-refractivity contribution in [2.24, 2.45) is 0 Å². The summed E-state index contributed by atoms with van der Waals surface area (Å²) in [6, 6.07) is 15.6. The molecule has 0 radical (unpaired) electrons. The lowest BCUT2D eigenvalue weighted by Gasteiger charge is -2.10. The SMILES string of the molecule is Cc1cc(C)cc(NC(=O)Cn2nc(S(=O)(=O)c3ccccc3)ccc2=O)c1. The average Bonchev–Trinajstić information content (AvgIpc) is 2.63. The Morgan fingerprint density at radius 2 is 1.64 bits per heavy atom. The van der Waals surface area contributed by atoms with Gasteiger partial charge in [0.1, 0.15) is 6.54 Å². The van der Waals surface area contributed by atoms with Gasteiger partial charge in [0.2, 0.25) is 15.7 Å². The van der Waals surface area contributed by atoms with Crippen molar-refractivity contribution < 1.29 is 13.2 Å². The zero-order valence-corrected chi connectivity index (χ0v) is 16.2. The first-order chi connectivity index (χ1) is 13.3. The van der Waals surface area contributed by atoms with Crippen LogP contribution in [0.25, 0.3) is 0 Å². The molecular weight excluding hydrogens is 378 g/mol. The Bertz CT molecular complexity index is 1170. The maximum absolute atomic E-state index is 12.7. The molecule has 0 aliphatic rings. The standard InChI is InChI=1S/C20H19N3O4S/c1-14-10-15(2)12-16(11-14)21-18(24)13-23-20(25)9-8-19(22-23)28(26,27)17-6-4-3-5-7-17/h3-12H,13H2,1-2H3,(H,21,24). The molecule has 0 saturated heterocycles. The van der Waals surface area contributed by atoms with Crippen molar-refractivity contribution in [3.8, 4) is 0 Å². The fourth-order valence-corrected chi connectivity index (χ4v) is 4.00. The summed E-state index contributed by atoms with van der Waals surface area (Å²) >= 11 is 0. The summed E-state index contributed by atoms with van der Waals surface area (Å²) in [4.78, 5) is 24.4.